The van der Waals surface area contributed by atoms with Gasteiger partial charge in [0.05, 0.1) is 6.54 Å². The van der Waals surface area contributed by atoms with Crippen molar-refractivity contribution in [2.24, 2.45) is 0 Å². The van der Waals surface area contributed by atoms with Crippen molar-refractivity contribution in [3.05, 3.63) is 23.8 Å². The lowest BCUT2D eigenvalue weighted by molar-refractivity contribution is 0.390. The number of rotatable bonds is 5. The van der Waals surface area contributed by atoms with Crippen molar-refractivity contribution in [1.82, 2.24) is 20.2 Å². The van der Waals surface area contributed by atoms with Crippen molar-refractivity contribution in [3.63, 3.8) is 0 Å². The van der Waals surface area contributed by atoms with Crippen LogP contribution in [0.2, 0.25) is 0 Å². The highest BCUT2D eigenvalue weighted by Crippen LogP contribution is 2.18. The summed E-state index contributed by atoms with van der Waals surface area (Å²) in [6, 6.07) is 0.742. The Morgan fingerprint density at radius 3 is 2.53 bits per heavy atom. The molecule has 0 saturated heterocycles. The van der Waals surface area contributed by atoms with Gasteiger partial charge in [-0.25, -0.2) is 9.97 Å². The molecule has 0 unspecified atom stereocenters. The summed E-state index contributed by atoms with van der Waals surface area (Å²) in [6.07, 6.45) is 6.47. The molecule has 4 heteroatoms. The standard InChI is InChI=1S/C11H18N4/c1-15(2)8-11-13-6-9(7-14-11)5-12-10-3-4-10/h6-7,10,12H,3-5,8H2,1-2H3. The molecule has 0 radical (unpaired) electrons. The topological polar surface area (TPSA) is 41.1 Å². The minimum absolute atomic E-state index is 0.742. The molecule has 4 nitrogen and oxygen atoms in total. The first-order valence-corrected chi connectivity index (χ1v) is 5.42. The molecule has 2 rings (SSSR count). The number of hydrogen-bond donors (Lipinski definition) is 1. The maximum atomic E-state index is 4.32. The van der Waals surface area contributed by atoms with Crippen molar-refractivity contribution in [1.29, 1.82) is 0 Å². The molecule has 1 fully saturated rings. The van der Waals surface area contributed by atoms with E-state index in [1.54, 1.807) is 0 Å². The molecule has 0 aromatic carbocycles. The van der Waals surface area contributed by atoms with Crippen LogP contribution in [0.1, 0.15) is 24.2 Å². The van der Waals surface area contributed by atoms with Gasteiger partial charge in [0, 0.05) is 30.5 Å². The summed E-state index contributed by atoms with van der Waals surface area (Å²) in [6.45, 7) is 1.70. The fraction of sp³-hybridized carbons (Fsp3) is 0.636. The molecule has 1 aromatic heterocycles. The van der Waals surface area contributed by atoms with E-state index in [0.717, 1.165) is 25.0 Å². The van der Waals surface area contributed by atoms with Gasteiger partial charge in [-0.15, -0.1) is 0 Å². The van der Waals surface area contributed by atoms with E-state index in [4.69, 9.17) is 0 Å². The van der Waals surface area contributed by atoms with Gasteiger partial charge in [0.2, 0.25) is 0 Å². The van der Waals surface area contributed by atoms with Gasteiger partial charge in [0.1, 0.15) is 5.82 Å². The highest BCUT2D eigenvalue weighted by Gasteiger charge is 2.19. The minimum Gasteiger partial charge on any atom is -0.310 e. The van der Waals surface area contributed by atoms with Crippen LogP contribution in [0, 0.1) is 0 Å². The van der Waals surface area contributed by atoms with Crippen molar-refractivity contribution >= 4 is 0 Å². The van der Waals surface area contributed by atoms with Gasteiger partial charge in [0.15, 0.2) is 0 Å². The van der Waals surface area contributed by atoms with Crippen LogP contribution < -0.4 is 5.32 Å². The van der Waals surface area contributed by atoms with Gasteiger partial charge in [-0.3, -0.25) is 0 Å². The molecular formula is C11H18N4. The Labute approximate surface area is 90.7 Å². The summed E-state index contributed by atoms with van der Waals surface area (Å²) in [5, 5.41) is 3.44. The zero-order chi connectivity index (χ0) is 10.7. The second-order valence-electron chi connectivity index (χ2n) is 4.40. The third-order valence-electron chi connectivity index (χ3n) is 2.39. The molecule has 0 amide bonds. The van der Waals surface area contributed by atoms with Crippen LogP contribution in [-0.2, 0) is 13.1 Å². The molecule has 1 heterocycles. The first-order valence-electron chi connectivity index (χ1n) is 5.42. The Hall–Kier alpha value is -1.00. The van der Waals surface area contributed by atoms with E-state index in [0.29, 0.717) is 0 Å². The van der Waals surface area contributed by atoms with Crippen LogP contribution in [-0.4, -0.2) is 35.0 Å². The van der Waals surface area contributed by atoms with Gasteiger partial charge >= 0.3 is 0 Å². The molecule has 0 bridgehead atoms. The number of aromatic nitrogens is 2. The monoisotopic (exact) mass is 206 g/mol. The van der Waals surface area contributed by atoms with Crippen LogP contribution in [0.4, 0.5) is 0 Å². The second kappa shape index (κ2) is 4.68. The van der Waals surface area contributed by atoms with E-state index in [-0.39, 0.29) is 0 Å². The molecule has 0 spiro atoms. The molecule has 15 heavy (non-hydrogen) atoms. The van der Waals surface area contributed by atoms with E-state index in [9.17, 15) is 0 Å². The van der Waals surface area contributed by atoms with E-state index in [1.165, 1.54) is 18.4 Å². The smallest absolute Gasteiger partial charge is 0.142 e. The second-order valence-corrected chi connectivity index (χ2v) is 4.40. The first-order chi connectivity index (χ1) is 7.24. The third kappa shape index (κ3) is 3.57. The molecule has 1 aliphatic carbocycles. The molecule has 1 aliphatic rings. The molecule has 82 valence electrons. The van der Waals surface area contributed by atoms with Crippen molar-refractivity contribution < 1.29 is 0 Å². The Balaban J connectivity index is 1.85. The van der Waals surface area contributed by atoms with E-state index < -0.39 is 0 Å². The highest BCUT2D eigenvalue weighted by atomic mass is 15.1. The first kappa shape index (κ1) is 10.5. The normalized spacial score (nSPS) is 15.9. The highest BCUT2D eigenvalue weighted by molar-refractivity contribution is 5.05. The Kier molecular flexibility index (Phi) is 3.28. The maximum absolute atomic E-state index is 4.32. The molecule has 1 N–H and O–H groups in total. The minimum atomic E-state index is 0.742. The molecule has 1 saturated carbocycles. The lowest BCUT2D eigenvalue weighted by Gasteiger charge is -2.08. The van der Waals surface area contributed by atoms with Crippen molar-refractivity contribution in [3.8, 4) is 0 Å². The zero-order valence-electron chi connectivity index (χ0n) is 9.40. The fourth-order valence-electron chi connectivity index (χ4n) is 1.39. The van der Waals surface area contributed by atoms with E-state index in [2.05, 4.69) is 20.2 Å². The van der Waals surface area contributed by atoms with Crippen LogP contribution in [0.3, 0.4) is 0 Å². The SMILES string of the molecule is CN(C)Cc1ncc(CNC2CC2)cn1. The quantitative estimate of drug-likeness (QED) is 0.773. The maximum Gasteiger partial charge on any atom is 0.142 e. The van der Waals surface area contributed by atoms with Gasteiger partial charge in [-0.05, 0) is 26.9 Å². The number of nitrogens with zero attached hydrogens (tertiary/aromatic N) is 3. The molecule has 1 aromatic rings. The largest absolute Gasteiger partial charge is 0.310 e. The predicted octanol–water partition coefficient (Wildman–Crippen LogP) is 0.790. The Morgan fingerprint density at radius 1 is 1.33 bits per heavy atom. The number of hydrogen-bond acceptors (Lipinski definition) is 4. The van der Waals surface area contributed by atoms with Crippen molar-refractivity contribution in [2.45, 2.75) is 32.0 Å². The van der Waals surface area contributed by atoms with Gasteiger partial charge in [-0.2, -0.15) is 0 Å². The summed E-state index contributed by atoms with van der Waals surface area (Å²) in [5.41, 5.74) is 1.17. The lowest BCUT2D eigenvalue weighted by atomic mass is 10.3. The Morgan fingerprint density at radius 2 is 2.00 bits per heavy atom. The predicted molar refractivity (Wildman–Crippen MR) is 59.3 cm³/mol. The lowest BCUT2D eigenvalue weighted by Crippen LogP contribution is -2.17. The molecular weight excluding hydrogens is 188 g/mol. The van der Waals surface area contributed by atoms with E-state index in [1.807, 2.05) is 26.5 Å². The van der Waals surface area contributed by atoms with Gasteiger partial charge < -0.3 is 10.2 Å². The summed E-state index contributed by atoms with van der Waals surface area (Å²) < 4.78 is 0. The number of nitrogens with one attached hydrogen (secondary N) is 1. The van der Waals surface area contributed by atoms with Crippen molar-refractivity contribution in [2.75, 3.05) is 14.1 Å². The third-order valence-corrected chi connectivity index (χ3v) is 2.39. The average molecular weight is 206 g/mol. The summed E-state index contributed by atoms with van der Waals surface area (Å²) in [7, 11) is 4.04. The average Bonchev–Trinajstić information content (AvgIpc) is 2.99. The summed E-state index contributed by atoms with van der Waals surface area (Å²) in [4.78, 5) is 10.7. The van der Waals surface area contributed by atoms with Crippen LogP contribution in [0.25, 0.3) is 0 Å². The van der Waals surface area contributed by atoms with Crippen LogP contribution in [0.5, 0.6) is 0 Å². The Bertz CT molecular complexity index is 303. The summed E-state index contributed by atoms with van der Waals surface area (Å²) >= 11 is 0. The van der Waals surface area contributed by atoms with Gasteiger partial charge in [-0.1, -0.05) is 0 Å². The van der Waals surface area contributed by atoms with Gasteiger partial charge in [0.25, 0.3) is 0 Å². The zero-order valence-corrected chi connectivity index (χ0v) is 9.40. The summed E-state index contributed by atoms with van der Waals surface area (Å²) in [5.74, 6) is 0.884. The fourth-order valence-corrected chi connectivity index (χ4v) is 1.39. The van der Waals surface area contributed by atoms with Crippen LogP contribution >= 0.6 is 0 Å². The molecule has 0 atom stereocenters. The van der Waals surface area contributed by atoms with Crippen LogP contribution in [0.15, 0.2) is 12.4 Å². The van der Waals surface area contributed by atoms with E-state index >= 15 is 0 Å². The molecule has 0 aliphatic heterocycles.